The lowest BCUT2D eigenvalue weighted by molar-refractivity contribution is -0.138. The minimum atomic E-state index is -4.58. The fraction of sp³-hybridized carbons (Fsp3) is 0.179. The molecule has 3 aromatic carbocycles. The van der Waals surface area contributed by atoms with Gasteiger partial charge >= 0.3 is 12.4 Å². The van der Waals surface area contributed by atoms with Gasteiger partial charge in [0.25, 0.3) is 0 Å². The van der Waals surface area contributed by atoms with Gasteiger partial charge in [0, 0.05) is 17.6 Å². The molecule has 1 fully saturated rings. The van der Waals surface area contributed by atoms with Crippen LogP contribution in [0.5, 0.6) is 0 Å². The summed E-state index contributed by atoms with van der Waals surface area (Å²) in [4.78, 5) is 12.2. The molecule has 0 aliphatic heterocycles. The van der Waals surface area contributed by atoms with Gasteiger partial charge in [-0.1, -0.05) is 36.4 Å². The van der Waals surface area contributed by atoms with Crippen LogP contribution >= 0.6 is 0 Å². The van der Waals surface area contributed by atoms with Crippen molar-refractivity contribution in [3.63, 3.8) is 0 Å². The van der Waals surface area contributed by atoms with Crippen LogP contribution in [0.4, 0.5) is 32.0 Å². The van der Waals surface area contributed by atoms with E-state index in [1.165, 1.54) is 16.7 Å². The zero-order valence-corrected chi connectivity index (χ0v) is 19.7. The highest BCUT2D eigenvalue weighted by Gasteiger charge is 2.46. The molecule has 1 amide bonds. The van der Waals surface area contributed by atoms with Gasteiger partial charge < -0.3 is 15.6 Å². The quantitative estimate of drug-likeness (QED) is 0.267. The average Bonchev–Trinajstić information content (AvgIpc) is 3.46. The lowest BCUT2D eigenvalue weighted by Crippen LogP contribution is -2.37. The molecule has 3 N–H and O–H groups in total. The third kappa shape index (κ3) is 5.17. The molecule has 0 atom stereocenters. The smallest absolute Gasteiger partial charge is 0.324 e. The summed E-state index contributed by atoms with van der Waals surface area (Å²) in [5.41, 5.74) is 6.24. The van der Waals surface area contributed by atoms with Crippen LogP contribution in [0.2, 0.25) is 0 Å². The number of rotatable bonds is 5. The number of hydrogen-bond acceptors (Lipinski definition) is 2. The normalized spacial score (nSPS) is 14.8. The van der Waals surface area contributed by atoms with Crippen LogP contribution in [0, 0.1) is 0 Å². The van der Waals surface area contributed by atoms with E-state index in [1.807, 2.05) is 0 Å². The van der Waals surface area contributed by atoms with Crippen molar-refractivity contribution in [2.24, 2.45) is 5.73 Å². The third-order valence-electron chi connectivity index (χ3n) is 6.52. The van der Waals surface area contributed by atoms with Gasteiger partial charge in [-0.25, -0.2) is 0 Å². The topological polar surface area (TPSA) is 60.1 Å². The van der Waals surface area contributed by atoms with E-state index < -0.39 is 29.0 Å². The molecule has 0 saturated heterocycles. The Morgan fingerprint density at radius 1 is 0.737 bits per heavy atom. The second kappa shape index (κ2) is 9.05. The van der Waals surface area contributed by atoms with Gasteiger partial charge in [-0.3, -0.25) is 4.79 Å². The molecule has 4 nitrogen and oxygen atoms in total. The second-order valence-electron chi connectivity index (χ2n) is 9.29. The fourth-order valence-electron chi connectivity index (χ4n) is 4.06. The van der Waals surface area contributed by atoms with Crippen molar-refractivity contribution in [1.29, 1.82) is 0 Å². The monoisotopic (exact) mass is 529 g/mol. The molecule has 10 heteroatoms. The number of amides is 1. The second-order valence-corrected chi connectivity index (χ2v) is 9.29. The Hall–Kier alpha value is -4.05. The number of alkyl halides is 6. The highest BCUT2D eigenvalue weighted by Crippen LogP contribution is 2.37. The molecule has 1 saturated carbocycles. The van der Waals surface area contributed by atoms with Crippen LogP contribution in [0.15, 0.2) is 85.1 Å². The molecular formula is C28H21F6N3O. The number of aromatic nitrogens is 1. The summed E-state index contributed by atoms with van der Waals surface area (Å²) >= 11 is 0. The lowest BCUT2D eigenvalue weighted by atomic mass is 10.0. The predicted octanol–water partition coefficient (Wildman–Crippen LogP) is 7.28. The van der Waals surface area contributed by atoms with Gasteiger partial charge in [0.2, 0.25) is 5.91 Å². The first-order chi connectivity index (χ1) is 17.8. The summed E-state index contributed by atoms with van der Waals surface area (Å²) in [5.74, 6) is -0.306. The molecule has 1 aliphatic rings. The molecule has 0 unspecified atom stereocenters. The first-order valence-electron chi connectivity index (χ1n) is 11.6. The molecule has 5 rings (SSSR count). The van der Waals surface area contributed by atoms with Crippen molar-refractivity contribution < 1.29 is 31.1 Å². The van der Waals surface area contributed by atoms with Crippen LogP contribution in [0.3, 0.4) is 0 Å². The summed E-state index contributed by atoms with van der Waals surface area (Å²) in [7, 11) is 0. The SMILES string of the molecule is NC1(C(=O)Nc2ccc(-n3cc(C(F)(F)F)cc3-c3ccc(-c4ccc(C(F)(F)F)cc4)cc3)cc2)CC1. The van der Waals surface area contributed by atoms with Crippen molar-refractivity contribution >= 4 is 11.6 Å². The molecule has 0 radical (unpaired) electrons. The zero-order chi connectivity index (χ0) is 27.3. The first kappa shape index (κ1) is 25.6. The minimum Gasteiger partial charge on any atom is -0.324 e. The van der Waals surface area contributed by atoms with Gasteiger partial charge in [-0.15, -0.1) is 0 Å². The van der Waals surface area contributed by atoms with E-state index in [9.17, 15) is 31.1 Å². The number of benzene rings is 3. The molecule has 0 bridgehead atoms. The third-order valence-corrected chi connectivity index (χ3v) is 6.52. The largest absolute Gasteiger partial charge is 0.417 e. The Morgan fingerprint density at radius 3 is 1.74 bits per heavy atom. The van der Waals surface area contributed by atoms with Gasteiger partial charge in [-0.05, 0) is 72.0 Å². The molecule has 0 spiro atoms. The first-order valence-corrected chi connectivity index (χ1v) is 11.6. The molecule has 38 heavy (non-hydrogen) atoms. The number of nitrogens with one attached hydrogen (secondary N) is 1. The van der Waals surface area contributed by atoms with Gasteiger partial charge in [0.15, 0.2) is 0 Å². The van der Waals surface area contributed by atoms with Crippen molar-refractivity contribution in [1.82, 2.24) is 4.57 Å². The van der Waals surface area contributed by atoms with Crippen LogP contribution in [-0.2, 0) is 17.1 Å². The van der Waals surface area contributed by atoms with Crippen LogP contribution in [0.1, 0.15) is 24.0 Å². The van der Waals surface area contributed by atoms with Gasteiger partial charge in [-0.2, -0.15) is 26.3 Å². The van der Waals surface area contributed by atoms with Crippen molar-refractivity contribution in [3.8, 4) is 28.1 Å². The van der Waals surface area contributed by atoms with Crippen molar-refractivity contribution in [2.45, 2.75) is 30.7 Å². The number of anilines is 1. The predicted molar refractivity (Wildman–Crippen MR) is 131 cm³/mol. The highest BCUT2D eigenvalue weighted by atomic mass is 19.4. The Labute approximate surface area is 213 Å². The zero-order valence-electron chi connectivity index (χ0n) is 19.7. The maximum atomic E-state index is 13.6. The van der Waals surface area contributed by atoms with E-state index in [0.29, 0.717) is 40.9 Å². The molecule has 4 aromatic rings. The van der Waals surface area contributed by atoms with E-state index in [4.69, 9.17) is 5.73 Å². The molecule has 1 aliphatic carbocycles. The van der Waals surface area contributed by atoms with Gasteiger partial charge in [0.1, 0.15) is 0 Å². The van der Waals surface area contributed by atoms with Crippen LogP contribution in [-0.4, -0.2) is 16.0 Å². The average molecular weight is 529 g/mol. The van der Waals surface area contributed by atoms with Gasteiger partial charge in [0.05, 0.1) is 22.4 Å². The Balaban J connectivity index is 1.44. The van der Waals surface area contributed by atoms with E-state index in [-0.39, 0.29) is 11.6 Å². The maximum absolute atomic E-state index is 13.6. The minimum absolute atomic E-state index is 0.270. The fourth-order valence-corrected chi connectivity index (χ4v) is 4.06. The summed E-state index contributed by atoms with van der Waals surface area (Å²) in [6, 6.07) is 18.6. The summed E-state index contributed by atoms with van der Waals surface area (Å²) in [5, 5.41) is 2.72. The van der Waals surface area contributed by atoms with Crippen molar-refractivity contribution in [2.75, 3.05) is 5.32 Å². The molecule has 1 aromatic heterocycles. The summed E-state index contributed by atoms with van der Waals surface area (Å²) < 4.78 is 80.7. The Morgan fingerprint density at radius 2 is 1.24 bits per heavy atom. The van der Waals surface area contributed by atoms with E-state index in [2.05, 4.69) is 5.32 Å². The standard InChI is InChI=1S/C28H21F6N3O/c29-27(30,31)20-7-5-18(6-8-20)17-1-3-19(4-2-17)24-15-21(28(32,33)34)16-37(24)23-11-9-22(10-12-23)36-25(38)26(35)13-14-26/h1-12,15-16H,13-14,35H2,(H,36,38). The molecule has 1 heterocycles. The number of nitrogens with zero attached hydrogens (tertiary/aromatic N) is 1. The van der Waals surface area contributed by atoms with Crippen LogP contribution in [0.25, 0.3) is 28.1 Å². The van der Waals surface area contributed by atoms with Crippen molar-refractivity contribution in [3.05, 3.63) is 96.2 Å². The Bertz CT molecular complexity index is 1460. The summed E-state index contributed by atoms with van der Waals surface area (Å²) in [6.45, 7) is 0. The van der Waals surface area contributed by atoms with E-state index in [0.717, 1.165) is 24.4 Å². The van der Waals surface area contributed by atoms with E-state index >= 15 is 0 Å². The Kier molecular flexibility index (Phi) is 6.10. The number of nitrogens with two attached hydrogens (primary N) is 1. The number of halogens is 6. The highest BCUT2D eigenvalue weighted by molar-refractivity contribution is 6.00. The summed E-state index contributed by atoms with van der Waals surface area (Å²) in [6.07, 6.45) is -6.83. The number of carbonyl (C=O) groups excluding carboxylic acids is 1. The van der Waals surface area contributed by atoms with Crippen LogP contribution < -0.4 is 11.1 Å². The molecular weight excluding hydrogens is 508 g/mol. The number of hydrogen-bond donors (Lipinski definition) is 2. The number of carbonyl (C=O) groups is 1. The maximum Gasteiger partial charge on any atom is 0.417 e. The molecule has 196 valence electrons. The lowest BCUT2D eigenvalue weighted by Gasteiger charge is -2.13. The van der Waals surface area contributed by atoms with E-state index in [1.54, 1.807) is 48.5 Å².